The molecule has 1 aromatic rings. The standard InChI is InChI=1S/C15H18BrNO2/c1-19-14-3-2-12(16)8-11(14)9-13-15(18)10-4-6-17(13)7-5-10/h2-3,8-10,15,18H,4-7H2,1H3/b13-9-/t15-/m1/s1. The number of fused-ring (bicyclic) bond motifs is 3. The van der Waals surface area contributed by atoms with Crippen molar-refractivity contribution < 1.29 is 9.84 Å². The Hall–Kier alpha value is -1.00. The van der Waals surface area contributed by atoms with E-state index in [1.165, 1.54) is 0 Å². The summed E-state index contributed by atoms with van der Waals surface area (Å²) in [5, 5.41) is 10.4. The van der Waals surface area contributed by atoms with Crippen molar-refractivity contribution in [3.8, 4) is 5.75 Å². The molecule has 3 heterocycles. The van der Waals surface area contributed by atoms with Gasteiger partial charge >= 0.3 is 0 Å². The smallest absolute Gasteiger partial charge is 0.126 e. The monoisotopic (exact) mass is 323 g/mol. The number of benzene rings is 1. The van der Waals surface area contributed by atoms with Crippen molar-refractivity contribution in [2.75, 3.05) is 20.2 Å². The first kappa shape index (κ1) is 13.0. The van der Waals surface area contributed by atoms with Crippen molar-refractivity contribution in [3.05, 3.63) is 33.9 Å². The molecule has 0 amide bonds. The molecule has 3 fully saturated rings. The fourth-order valence-electron chi connectivity index (χ4n) is 3.06. The van der Waals surface area contributed by atoms with Gasteiger partial charge in [-0.15, -0.1) is 0 Å². The summed E-state index contributed by atoms with van der Waals surface area (Å²) in [4.78, 5) is 2.30. The lowest BCUT2D eigenvalue weighted by molar-refractivity contribution is 0.0215. The van der Waals surface area contributed by atoms with Crippen LogP contribution in [0, 0.1) is 5.92 Å². The van der Waals surface area contributed by atoms with Gasteiger partial charge in [0, 0.05) is 28.8 Å². The van der Waals surface area contributed by atoms with Gasteiger partial charge in [0.2, 0.25) is 0 Å². The minimum absolute atomic E-state index is 0.328. The number of aliphatic hydroxyl groups excluding tert-OH is 1. The van der Waals surface area contributed by atoms with Crippen LogP contribution in [0.4, 0.5) is 0 Å². The fourth-order valence-corrected chi connectivity index (χ4v) is 3.43. The van der Waals surface area contributed by atoms with Crippen molar-refractivity contribution in [3.63, 3.8) is 0 Å². The number of hydrogen-bond acceptors (Lipinski definition) is 3. The summed E-state index contributed by atoms with van der Waals surface area (Å²) in [6.07, 6.45) is 3.95. The zero-order chi connectivity index (χ0) is 13.4. The first-order chi connectivity index (χ1) is 9.19. The fraction of sp³-hybridized carbons (Fsp3) is 0.467. The van der Waals surface area contributed by atoms with Gasteiger partial charge in [0.25, 0.3) is 0 Å². The molecule has 0 aliphatic carbocycles. The molecule has 1 atom stereocenters. The maximum absolute atomic E-state index is 10.4. The van der Waals surface area contributed by atoms with Crippen LogP contribution < -0.4 is 4.74 Å². The summed E-state index contributed by atoms with van der Waals surface area (Å²) in [6, 6.07) is 5.94. The van der Waals surface area contributed by atoms with Crippen LogP contribution in [0.2, 0.25) is 0 Å². The maximum Gasteiger partial charge on any atom is 0.126 e. The third kappa shape index (κ3) is 2.39. The number of aliphatic hydroxyl groups is 1. The molecule has 1 aromatic carbocycles. The predicted octanol–water partition coefficient (Wildman–Crippen LogP) is 2.89. The van der Waals surface area contributed by atoms with E-state index in [1.807, 2.05) is 18.2 Å². The van der Waals surface area contributed by atoms with Gasteiger partial charge in [-0.2, -0.15) is 0 Å². The first-order valence-corrected chi connectivity index (χ1v) is 7.46. The number of piperidine rings is 3. The number of methoxy groups -OCH3 is 1. The highest BCUT2D eigenvalue weighted by molar-refractivity contribution is 9.10. The lowest BCUT2D eigenvalue weighted by atomic mass is 9.83. The molecule has 102 valence electrons. The van der Waals surface area contributed by atoms with Gasteiger partial charge in [-0.05, 0) is 43.0 Å². The summed E-state index contributed by atoms with van der Waals surface area (Å²) in [5.41, 5.74) is 2.05. The SMILES string of the molecule is COc1ccc(Br)cc1/C=C1/[C@H](O)C2CCN1CC2. The van der Waals surface area contributed by atoms with Crippen LogP contribution in [0.3, 0.4) is 0 Å². The Kier molecular flexibility index (Phi) is 3.54. The molecule has 4 heteroatoms. The molecule has 3 saturated heterocycles. The number of halogens is 1. The molecule has 19 heavy (non-hydrogen) atoms. The van der Waals surface area contributed by atoms with Crippen LogP contribution in [0.25, 0.3) is 6.08 Å². The highest BCUT2D eigenvalue weighted by Crippen LogP contribution is 2.37. The third-order valence-electron chi connectivity index (χ3n) is 4.15. The Bertz CT molecular complexity index is 503. The zero-order valence-electron chi connectivity index (χ0n) is 11.0. The summed E-state index contributed by atoms with van der Waals surface area (Å²) >= 11 is 3.49. The normalized spacial score (nSPS) is 27.9. The number of hydrogen-bond donors (Lipinski definition) is 1. The van der Waals surface area contributed by atoms with Crippen molar-refractivity contribution in [1.29, 1.82) is 0 Å². The molecule has 0 spiro atoms. The van der Waals surface area contributed by atoms with Crippen LogP contribution >= 0.6 is 15.9 Å². The van der Waals surface area contributed by atoms with Crippen LogP contribution in [0.15, 0.2) is 28.4 Å². The Morgan fingerprint density at radius 2 is 2.11 bits per heavy atom. The second-order valence-electron chi connectivity index (χ2n) is 5.22. The first-order valence-electron chi connectivity index (χ1n) is 6.67. The van der Waals surface area contributed by atoms with E-state index >= 15 is 0 Å². The average Bonchev–Trinajstić information content (AvgIpc) is 2.43. The Morgan fingerprint density at radius 3 is 2.74 bits per heavy atom. The van der Waals surface area contributed by atoms with Crippen molar-refractivity contribution >= 4 is 22.0 Å². The summed E-state index contributed by atoms with van der Waals surface area (Å²) in [6.45, 7) is 2.12. The largest absolute Gasteiger partial charge is 0.496 e. The highest BCUT2D eigenvalue weighted by Gasteiger charge is 2.36. The Morgan fingerprint density at radius 1 is 1.37 bits per heavy atom. The van der Waals surface area contributed by atoms with Crippen LogP contribution in [-0.4, -0.2) is 36.3 Å². The van der Waals surface area contributed by atoms with Crippen molar-refractivity contribution in [1.82, 2.24) is 4.90 Å². The average molecular weight is 324 g/mol. The van der Waals surface area contributed by atoms with E-state index in [-0.39, 0.29) is 6.10 Å². The molecule has 3 aliphatic heterocycles. The number of rotatable bonds is 2. The van der Waals surface area contributed by atoms with Gasteiger partial charge in [-0.25, -0.2) is 0 Å². The number of ether oxygens (including phenoxy) is 1. The Balaban J connectivity index is 1.99. The molecule has 0 saturated carbocycles. The lowest BCUT2D eigenvalue weighted by Crippen LogP contribution is -2.48. The molecular formula is C15H18BrNO2. The van der Waals surface area contributed by atoms with Gasteiger partial charge < -0.3 is 14.7 Å². The van der Waals surface area contributed by atoms with E-state index in [1.54, 1.807) is 7.11 Å². The summed E-state index contributed by atoms with van der Waals surface area (Å²) in [5.74, 6) is 1.26. The number of nitrogens with zero attached hydrogens (tertiary/aromatic N) is 1. The second kappa shape index (κ2) is 5.17. The van der Waals surface area contributed by atoms with Gasteiger partial charge in [0.15, 0.2) is 0 Å². The predicted molar refractivity (Wildman–Crippen MR) is 79.0 cm³/mol. The second-order valence-corrected chi connectivity index (χ2v) is 6.14. The molecule has 4 rings (SSSR count). The topological polar surface area (TPSA) is 32.7 Å². The van der Waals surface area contributed by atoms with E-state index in [2.05, 4.69) is 26.9 Å². The van der Waals surface area contributed by atoms with Gasteiger partial charge in [0.1, 0.15) is 5.75 Å². The van der Waals surface area contributed by atoms with Crippen LogP contribution in [0.5, 0.6) is 5.75 Å². The van der Waals surface area contributed by atoms with Crippen molar-refractivity contribution in [2.45, 2.75) is 18.9 Å². The summed E-state index contributed by atoms with van der Waals surface area (Å²) < 4.78 is 6.41. The van der Waals surface area contributed by atoms with E-state index in [9.17, 15) is 5.11 Å². The van der Waals surface area contributed by atoms with Gasteiger partial charge in [-0.3, -0.25) is 0 Å². The van der Waals surface area contributed by atoms with Gasteiger partial charge in [-0.1, -0.05) is 15.9 Å². The Labute approximate surface area is 122 Å². The van der Waals surface area contributed by atoms with E-state index < -0.39 is 0 Å². The molecule has 2 bridgehead atoms. The van der Waals surface area contributed by atoms with Crippen LogP contribution in [0.1, 0.15) is 18.4 Å². The molecule has 0 unspecified atom stereocenters. The van der Waals surface area contributed by atoms with Gasteiger partial charge in [0.05, 0.1) is 13.2 Å². The summed E-state index contributed by atoms with van der Waals surface area (Å²) in [7, 11) is 1.68. The molecule has 3 nitrogen and oxygen atoms in total. The van der Waals surface area contributed by atoms with Crippen molar-refractivity contribution in [2.24, 2.45) is 5.92 Å². The zero-order valence-corrected chi connectivity index (χ0v) is 12.6. The molecule has 3 aliphatic rings. The lowest BCUT2D eigenvalue weighted by Gasteiger charge is -2.46. The van der Waals surface area contributed by atoms with E-state index in [0.29, 0.717) is 5.92 Å². The molecule has 0 aromatic heterocycles. The highest BCUT2D eigenvalue weighted by atomic mass is 79.9. The molecular weight excluding hydrogens is 306 g/mol. The van der Waals surface area contributed by atoms with E-state index in [4.69, 9.17) is 4.74 Å². The minimum atomic E-state index is -0.328. The third-order valence-corrected chi connectivity index (χ3v) is 4.64. The van der Waals surface area contributed by atoms with E-state index in [0.717, 1.165) is 47.4 Å². The van der Waals surface area contributed by atoms with Crippen LogP contribution in [-0.2, 0) is 0 Å². The molecule has 1 N–H and O–H groups in total. The maximum atomic E-state index is 10.4. The quantitative estimate of drug-likeness (QED) is 0.908. The molecule has 0 radical (unpaired) electrons. The minimum Gasteiger partial charge on any atom is -0.496 e.